The fourth-order valence-corrected chi connectivity index (χ4v) is 2.51. The lowest BCUT2D eigenvalue weighted by Crippen LogP contribution is -2.38. The molecule has 1 aromatic rings. The standard InChI is InChI=1S/C15H22ClNO2/c1-12-9-14(5-6-15(12)16)19-11-13(18)10-17-7-3-2-4-8-17/h5-6,9,13,18H,2-4,7-8,10-11H2,1H3/t13-/m1/s1. The van der Waals surface area contributed by atoms with Gasteiger partial charge in [-0.3, -0.25) is 0 Å². The largest absolute Gasteiger partial charge is 0.491 e. The molecule has 4 heteroatoms. The first-order valence-corrected chi connectivity index (χ1v) is 7.32. The van der Waals surface area contributed by atoms with Gasteiger partial charge in [0.05, 0.1) is 0 Å². The Bertz CT molecular complexity index is 405. The minimum atomic E-state index is -0.436. The van der Waals surface area contributed by atoms with Gasteiger partial charge in [-0.25, -0.2) is 0 Å². The highest BCUT2D eigenvalue weighted by atomic mass is 35.5. The maximum Gasteiger partial charge on any atom is 0.119 e. The summed E-state index contributed by atoms with van der Waals surface area (Å²) in [5.41, 5.74) is 0.990. The maximum absolute atomic E-state index is 9.99. The first kappa shape index (κ1) is 14.6. The quantitative estimate of drug-likeness (QED) is 0.902. The topological polar surface area (TPSA) is 32.7 Å². The average molecular weight is 284 g/mol. The highest BCUT2D eigenvalue weighted by Crippen LogP contribution is 2.21. The fourth-order valence-electron chi connectivity index (χ4n) is 2.39. The molecular weight excluding hydrogens is 262 g/mol. The van der Waals surface area contributed by atoms with Crippen molar-refractivity contribution >= 4 is 11.6 Å². The Kier molecular flexibility index (Phi) is 5.49. The summed E-state index contributed by atoms with van der Waals surface area (Å²) >= 11 is 5.96. The molecule has 19 heavy (non-hydrogen) atoms. The summed E-state index contributed by atoms with van der Waals surface area (Å²) in [5.74, 6) is 0.764. The molecule has 0 radical (unpaired) electrons. The fraction of sp³-hybridized carbons (Fsp3) is 0.600. The number of aryl methyl sites for hydroxylation is 1. The van der Waals surface area contributed by atoms with E-state index in [0.29, 0.717) is 13.2 Å². The summed E-state index contributed by atoms with van der Waals surface area (Å²) in [6.07, 6.45) is 3.36. The second kappa shape index (κ2) is 7.13. The molecule has 2 rings (SSSR count). The number of hydrogen-bond acceptors (Lipinski definition) is 3. The summed E-state index contributed by atoms with van der Waals surface area (Å²) in [6.45, 7) is 5.16. The van der Waals surface area contributed by atoms with Crippen LogP contribution in [0.25, 0.3) is 0 Å². The van der Waals surface area contributed by atoms with Crippen LogP contribution < -0.4 is 4.74 Å². The molecule has 0 amide bonds. The number of aliphatic hydroxyl groups excluding tert-OH is 1. The van der Waals surface area contributed by atoms with Crippen molar-refractivity contribution in [1.82, 2.24) is 4.90 Å². The van der Waals surface area contributed by atoms with Crippen LogP contribution in [-0.4, -0.2) is 42.4 Å². The van der Waals surface area contributed by atoms with Gasteiger partial charge in [0, 0.05) is 11.6 Å². The second-order valence-electron chi connectivity index (χ2n) is 5.24. The molecule has 1 aliphatic heterocycles. The molecule has 0 saturated carbocycles. The summed E-state index contributed by atoms with van der Waals surface area (Å²) in [5, 5.41) is 10.7. The van der Waals surface area contributed by atoms with Crippen LogP contribution in [0.15, 0.2) is 18.2 Å². The third kappa shape index (κ3) is 4.68. The van der Waals surface area contributed by atoms with Crippen molar-refractivity contribution in [2.45, 2.75) is 32.3 Å². The van der Waals surface area contributed by atoms with Crippen molar-refractivity contribution in [3.05, 3.63) is 28.8 Å². The van der Waals surface area contributed by atoms with Gasteiger partial charge in [-0.05, 0) is 56.6 Å². The number of hydrogen-bond donors (Lipinski definition) is 1. The first-order chi connectivity index (χ1) is 9.15. The van der Waals surface area contributed by atoms with Crippen molar-refractivity contribution in [1.29, 1.82) is 0 Å². The molecule has 1 fully saturated rings. The zero-order valence-electron chi connectivity index (χ0n) is 11.4. The van der Waals surface area contributed by atoms with Gasteiger partial charge in [-0.15, -0.1) is 0 Å². The molecule has 0 unspecified atom stereocenters. The van der Waals surface area contributed by atoms with Gasteiger partial charge in [0.25, 0.3) is 0 Å². The van der Waals surface area contributed by atoms with E-state index >= 15 is 0 Å². The normalized spacial score (nSPS) is 18.3. The Labute approximate surface area is 120 Å². The van der Waals surface area contributed by atoms with Crippen molar-refractivity contribution in [2.24, 2.45) is 0 Å². The highest BCUT2D eigenvalue weighted by Gasteiger charge is 2.15. The summed E-state index contributed by atoms with van der Waals surface area (Å²) in [7, 11) is 0. The number of benzene rings is 1. The Morgan fingerprint density at radius 1 is 1.32 bits per heavy atom. The Hall–Kier alpha value is -0.770. The molecule has 1 aromatic carbocycles. The van der Waals surface area contributed by atoms with E-state index in [0.717, 1.165) is 29.4 Å². The van der Waals surface area contributed by atoms with Gasteiger partial charge in [-0.2, -0.15) is 0 Å². The number of β-amino-alcohol motifs (C(OH)–C–C–N with tert-alkyl or cyclic N) is 1. The monoisotopic (exact) mass is 283 g/mol. The predicted octanol–water partition coefficient (Wildman–Crippen LogP) is 2.87. The van der Waals surface area contributed by atoms with Crippen molar-refractivity contribution in [2.75, 3.05) is 26.2 Å². The number of piperidine rings is 1. The van der Waals surface area contributed by atoms with Crippen LogP contribution in [0.1, 0.15) is 24.8 Å². The van der Waals surface area contributed by atoms with Crippen molar-refractivity contribution in [3.63, 3.8) is 0 Å². The molecule has 106 valence electrons. The second-order valence-corrected chi connectivity index (χ2v) is 5.64. The molecule has 1 saturated heterocycles. The van der Waals surface area contributed by atoms with Gasteiger partial charge < -0.3 is 14.7 Å². The van der Waals surface area contributed by atoms with E-state index in [2.05, 4.69) is 4.90 Å². The predicted molar refractivity (Wildman–Crippen MR) is 78.0 cm³/mol. The third-order valence-corrected chi connectivity index (χ3v) is 3.91. The SMILES string of the molecule is Cc1cc(OC[C@H](O)CN2CCCCC2)ccc1Cl. The van der Waals surface area contributed by atoms with Crippen LogP contribution in [0.2, 0.25) is 5.02 Å². The molecule has 1 atom stereocenters. The molecule has 1 N–H and O–H groups in total. The van der Waals surface area contributed by atoms with Crippen LogP contribution >= 0.6 is 11.6 Å². The number of rotatable bonds is 5. The molecule has 0 spiro atoms. The number of likely N-dealkylation sites (tertiary alicyclic amines) is 1. The zero-order chi connectivity index (χ0) is 13.7. The molecule has 0 aromatic heterocycles. The van der Waals surface area contributed by atoms with Gasteiger partial charge >= 0.3 is 0 Å². The van der Waals surface area contributed by atoms with Crippen LogP contribution in [-0.2, 0) is 0 Å². The number of nitrogens with zero attached hydrogens (tertiary/aromatic N) is 1. The lowest BCUT2D eigenvalue weighted by Gasteiger charge is -2.28. The van der Waals surface area contributed by atoms with E-state index in [4.69, 9.17) is 16.3 Å². The van der Waals surface area contributed by atoms with Gasteiger partial charge in [0.1, 0.15) is 18.5 Å². The van der Waals surface area contributed by atoms with E-state index in [1.54, 1.807) is 0 Å². The molecule has 1 aliphatic rings. The van der Waals surface area contributed by atoms with Crippen LogP contribution in [0.5, 0.6) is 5.75 Å². The molecule has 0 aliphatic carbocycles. The first-order valence-electron chi connectivity index (χ1n) is 6.94. The van der Waals surface area contributed by atoms with Crippen LogP contribution in [0, 0.1) is 6.92 Å². The molecule has 3 nitrogen and oxygen atoms in total. The number of halogens is 1. The number of ether oxygens (including phenoxy) is 1. The summed E-state index contributed by atoms with van der Waals surface area (Å²) < 4.78 is 5.61. The minimum Gasteiger partial charge on any atom is -0.491 e. The van der Waals surface area contributed by atoms with E-state index < -0.39 is 6.10 Å². The Morgan fingerprint density at radius 2 is 2.05 bits per heavy atom. The van der Waals surface area contributed by atoms with E-state index in [-0.39, 0.29) is 0 Å². The molecule has 1 heterocycles. The van der Waals surface area contributed by atoms with E-state index in [9.17, 15) is 5.11 Å². The average Bonchev–Trinajstić information content (AvgIpc) is 2.41. The summed E-state index contributed by atoms with van der Waals surface area (Å²) in [6, 6.07) is 5.56. The summed E-state index contributed by atoms with van der Waals surface area (Å²) in [4.78, 5) is 2.31. The maximum atomic E-state index is 9.99. The Balaban J connectivity index is 1.75. The lowest BCUT2D eigenvalue weighted by molar-refractivity contribution is 0.0617. The van der Waals surface area contributed by atoms with Crippen molar-refractivity contribution < 1.29 is 9.84 Å². The van der Waals surface area contributed by atoms with E-state index in [1.807, 2.05) is 25.1 Å². The van der Waals surface area contributed by atoms with Gasteiger partial charge in [0.15, 0.2) is 0 Å². The van der Waals surface area contributed by atoms with Crippen LogP contribution in [0.3, 0.4) is 0 Å². The molecule has 0 bridgehead atoms. The smallest absolute Gasteiger partial charge is 0.119 e. The van der Waals surface area contributed by atoms with Gasteiger partial charge in [-0.1, -0.05) is 18.0 Å². The number of aliphatic hydroxyl groups is 1. The Morgan fingerprint density at radius 3 is 2.74 bits per heavy atom. The third-order valence-electron chi connectivity index (χ3n) is 3.49. The van der Waals surface area contributed by atoms with Gasteiger partial charge in [0.2, 0.25) is 0 Å². The zero-order valence-corrected chi connectivity index (χ0v) is 12.2. The molecular formula is C15H22ClNO2. The van der Waals surface area contributed by atoms with E-state index in [1.165, 1.54) is 19.3 Å². The highest BCUT2D eigenvalue weighted by molar-refractivity contribution is 6.31. The lowest BCUT2D eigenvalue weighted by atomic mass is 10.1. The van der Waals surface area contributed by atoms with Crippen molar-refractivity contribution in [3.8, 4) is 5.75 Å². The minimum absolute atomic E-state index is 0.331. The van der Waals surface area contributed by atoms with Crippen LogP contribution in [0.4, 0.5) is 0 Å².